The van der Waals surface area contributed by atoms with E-state index in [1.54, 1.807) is 32.9 Å². The number of ether oxygens (including phenoxy) is 2. The molecule has 0 aliphatic rings. The van der Waals surface area contributed by atoms with Gasteiger partial charge in [0, 0.05) is 6.04 Å². The summed E-state index contributed by atoms with van der Waals surface area (Å²) in [6.45, 7) is 7.11. The molecule has 0 aliphatic carbocycles. The van der Waals surface area contributed by atoms with Gasteiger partial charge in [0.15, 0.2) is 0 Å². The van der Waals surface area contributed by atoms with E-state index in [1.165, 1.54) is 36.4 Å². The van der Waals surface area contributed by atoms with Crippen molar-refractivity contribution in [2.24, 2.45) is 5.73 Å². The van der Waals surface area contributed by atoms with Crippen molar-refractivity contribution in [1.82, 2.24) is 0 Å². The van der Waals surface area contributed by atoms with Gasteiger partial charge in [0.2, 0.25) is 0 Å². The molecule has 0 saturated carbocycles. The number of rotatable bonds is 10. The quantitative estimate of drug-likeness (QED) is 0.292. The first kappa shape index (κ1) is 28.9. The molecule has 202 valence electrons. The first-order valence-corrected chi connectivity index (χ1v) is 13.5. The third-order valence-corrected chi connectivity index (χ3v) is 6.74. The van der Waals surface area contributed by atoms with Crippen LogP contribution in [0.1, 0.15) is 49.8 Å². The molecule has 0 amide bonds. The molecule has 0 saturated heterocycles. The van der Waals surface area contributed by atoms with Crippen LogP contribution in [0.5, 0.6) is 5.75 Å². The van der Waals surface area contributed by atoms with Crippen molar-refractivity contribution in [3.63, 3.8) is 0 Å². The average Bonchev–Trinajstić information content (AvgIpc) is 2.83. The van der Waals surface area contributed by atoms with E-state index in [4.69, 9.17) is 19.4 Å². The fraction of sp³-hybridized carbons (Fsp3) is 0.310. The SMILES string of the molecule is Cc1ccc(S(=O)(=O)Oc2ccc(C(C(=O)OCc3ccccc3)C(N)CC(=O)OC(C)(C)C)cc2)cc1. The Morgan fingerprint density at radius 1 is 0.895 bits per heavy atom. The molecule has 0 spiro atoms. The molecule has 9 heteroatoms. The van der Waals surface area contributed by atoms with Crippen LogP contribution in [0.4, 0.5) is 0 Å². The maximum absolute atomic E-state index is 13.2. The number of benzene rings is 3. The van der Waals surface area contributed by atoms with E-state index < -0.39 is 39.6 Å². The Labute approximate surface area is 223 Å². The molecule has 3 aromatic rings. The standard InChI is InChI=1S/C29H33NO7S/c1-20-10-16-24(17-11-20)38(33,34)37-23-14-12-22(13-15-23)27(25(30)18-26(31)36-29(2,3)4)28(32)35-19-21-8-6-5-7-9-21/h5-17,25,27H,18-19,30H2,1-4H3. The largest absolute Gasteiger partial charge is 0.460 e. The van der Waals surface area contributed by atoms with Gasteiger partial charge in [-0.15, -0.1) is 0 Å². The van der Waals surface area contributed by atoms with E-state index >= 15 is 0 Å². The van der Waals surface area contributed by atoms with Gasteiger partial charge in [-0.3, -0.25) is 9.59 Å². The summed E-state index contributed by atoms with van der Waals surface area (Å²) in [5.74, 6) is -2.11. The van der Waals surface area contributed by atoms with Crippen LogP contribution in [-0.2, 0) is 35.8 Å². The molecule has 0 fully saturated rings. The van der Waals surface area contributed by atoms with Gasteiger partial charge in [0.05, 0.1) is 12.3 Å². The van der Waals surface area contributed by atoms with Crippen LogP contribution in [-0.4, -0.2) is 32.0 Å². The lowest BCUT2D eigenvalue weighted by molar-refractivity contribution is -0.155. The van der Waals surface area contributed by atoms with Crippen molar-refractivity contribution in [3.8, 4) is 5.75 Å². The van der Waals surface area contributed by atoms with Gasteiger partial charge in [0.1, 0.15) is 22.9 Å². The van der Waals surface area contributed by atoms with E-state index in [1.807, 2.05) is 37.3 Å². The predicted octanol–water partition coefficient (Wildman–Crippen LogP) is 4.65. The minimum atomic E-state index is -4.05. The zero-order chi connectivity index (χ0) is 27.9. The number of esters is 2. The summed E-state index contributed by atoms with van der Waals surface area (Å²) in [6, 6.07) is 20.4. The van der Waals surface area contributed by atoms with Crippen molar-refractivity contribution in [2.75, 3.05) is 0 Å². The van der Waals surface area contributed by atoms with Crippen LogP contribution in [0.2, 0.25) is 0 Å². The zero-order valence-electron chi connectivity index (χ0n) is 21.9. The summed E-state index contributed by atoms with van der Waals surface area (Å²) < 4.78 is 41.4. The highest BCUT2D eigenvalue weighted by Gasteiger charge is 2.32. The zero-order valence-corrected chi connectivity index (χ0v) is 22.7. The molecule has 2 N–H and O–H groups in total. The number of carbonyl (C=O) groups excluding carboxylic acids is 2. The number of carbonyl (C=O) groups is 2. The predicted molar refractivity (Wildman–Crippen MR) is 143 cm³/mol. The lowest BCUT2D eigenvalue weighted by Crippen LogP contribution is -2.38. The molecule has 2 atom stereocenters. The second-order valence-electron chi connectivity index (χ2n) is 9.94. The Morgan fingerprint density at radius 3 is 2.08 bits per heavy atom. The van der Waals surface area contributed by atoms with Crippen LogP contribution >= 0.6 is 0 Å². The summed E-state index contributed by atoms with van der Waals surface area (Å²) in [5.41, 5.74) is 7.79. The van der Waals surface area contributed by atoms with E-state index in [-0.39, 0.29) is 23.7 Å². The van der Waals surface area contributed by atoms with E-state index in [0.717, 1.165) is 11.1 Å². The van der Waals surface area contributed by atoms with Crippen LogP contribution in [0, 0.1) is 6.92 Å². The monoisotopic (exact) mass is 539 g/mol. The third kappa shape index (κ3) is 8.43. The van der Waals surface area contributed by atoms with Gasteiger partial charge < -0.3 is 19.4 Å². The van der Waals surface area contributed by atoms with E-state index in [9.17, 15) is 18.0 Å². The van der Waals surface area contributed by atoms with Crippen molar-refractivity contribution < 1.29 is 31.7 Å². The summed E-state index contributed by atoms with van der Waals surface area (Å²) >= 11 is 0. The first-order chi connectivity index (χ1) is 17.8. The average molecular weight is 540 g/mol. The lowest BCUT2D eigenvalue weighted by Gasteiger charge is -2.25. The highest BCUT2D eigenvalue weighted by atomic mass is 32.2. The maximum atomic E-state index is 13.2. The Kier molecular flexibility index (Phi) is 9.30. The molecule has 3 rings (SSSR count). The molecule has 38 heavy (non-hydrogen) atoms. The number of hydrogen-bond donors (Lipinski definition) is 1. The Bertz CT molecular complexity index is 1330. The molecule has 0 bridgehead atoms. The van der Waals surface area contributed by atoms with Crippen molar-refractivity contribution in [2.45, 2.75) is 63.2 Å². The van der Waals surface area contributed by atoms with Crippen LogP contribution < -0.4 is 9.92 Å². The number of nitrogens with two attached hydrogens (primary N) is 1. The van der Waals surface area contributed by atoms with Crippen molar-refractivity contribution >= 4 is 22.1 Å². The van der Waals surface area contributed by atoms with Crippen LogP contribution in [0.3, 0.4) is 0 Å². The minimum absolute atomic E-state index is 0.0222. The summed E-state index contributed by atoms with van der Waals surface area (Å²) in [6.07, 6.45) is -0.220. The van der Waals surface area contributed by atoms with Gasteiger partial charge in [-0.1, -0.05) is 60.2 Å². The van der Waals surface area contributed by atoms with Crippen molar-refractivity contribution in [3.05, 3.63) is 95.6 Å². The highest BCUT2D eigenvalue weighted by Crippen LogP contribution is 2.27. The normalized spacial score (nSPS) is 13.3. The van der Waals surface area contributed by atoms with Gasteiger partial charge >= 0.3 is 22.1 Å². The maximum Gasteiger partial charge on any atom is 0.339 e. The molecule has 2 unspecified atom stereocenters. The van der Waals surface area contributed by atoms with Crippen LogP contribution in [0.25, 0.3) is 0 Å². The molecular formula is C29H33NO7S. The molecule has 3 aromatic carbocycles. The summed E-state index contributed by atoms with van der Waals surface area (Å²) in [4.78, 5) is 25.6. The molecular weight excluding hydrogens is 506 g/mol. The minimum Gasteiger partial charge on any atom is -0.460 e. The number of aryl methyl sites for hydroxylation is 1. The Balaban J connectivity index is 1.80. The second-order valence-corrected chi connectivity index (χ2v) is 11.5. The smallest absolute Gasteiger partial charge is 0.339 e. The highest BCUT2D eigenvalue weighted by molar-refractivity contribution is 7.87. The fourth-order valence-corrected chi connectivity index (χ4v) is 4.61. The molecule has 8 nitrogen and oxygen atoms in total. The fourth-order valence-electron chi connectivity index (χ4n) is 3.68. The Morgan fingerprint density at radius 2 is 1.50 bits per heavy atom. The summed E-state index contributed by atoms with van der Waals surface area (Å²) in [5, 5.41) is 0. The molecule has 0 aromatic heterocycles. The van der Waals surface area contributed by atoms with E-state index in [2.05, 4.69) is 0 Å². The van der Waals surface area contributed by atoms with Gasteiger partial charge in [-0.2, -0.15) is 8.42 Å². The number of hydrogen-bond acceptors (Lipinski definition) is 8. The van der Waals surface area contributed by atoms with Gasteiger partial charge in [-0.05, 0) is 63.1 Å². The topological polar surface area (TPSA) is 122 Å². The van der Waals surface area contributed by atoms with Gasteiger partial charge in [0.25, 0.3) is 0 Å². The van der Waals surface area contributed by atoms with Crippen molar-refractivity contribution in [1.29, 1.82) is 0 Å². The molecule has 0 radical (unpaired) electrons. The van der Waals surface area contributed by atoms with E-state index in [0.29, 0.717) is 5.56 Å². The second kappa shape index (κ2) is 12.2. The third-order valence-electron chi connectivity index (χ3n) is 5.48. The molecule has 0 aliphatic heterocycles. The Hall–Kier alpha value is -3.69. The first-order valence-electron chi connectivity index (χ1n) is 12.1. The summed E-state index contributed by atoms with van der Waals surface area (Å²) in [7, 11) is -4.05. The lowest BCUT2D eigenvalue weighted by atomic mass is 9.90. The van der Waals surface area contributed by atoms with Gasteiger partial charge in [-0.25, -0.2) is 0 Å². The van der Waals surface area contributed by atoms with Crippen LogP contribution in [0.15, 0.2) is 83.8 Å². The molecule has 0 heterocycles.